The standard InChI is InChI=1S/C23H22N2O3S/c1-27-25-23(26)19-9-11-20(24-15-19)10-8-18-14-21(29-2)12-13-22(18)28-16-17-6-4-3-5-7-17/h3-15H,16H2,1-2H3,(H,25,26). The van der Waals surface area contributed by atoms with E-state index in [1.54, 1.807) is 23.9 Å². The Morgan fingerprint density at radius 1 is 1.10 bits per heavy atom. The molecule has 0 atom stereocenters. The predicted molar refractivity (Wildman–Crippen MR) is 117 cm³/mol. The minimum Gasteiger partial charge on any atom is -0.488 e. The third kappa shape index (κ3) is 5.94. The van der Waals surface area contributed by atoms with Crippen LogP contribution >= 0.6 is 11.8 Å². The van der Waals surface area contributed by atoms with Crippen molar-refractivity contribution in [1.82, 2.24) is 10.5 Å². The molecule has 0 bridgehead atoms. The summed E-state index contributed by atoms with van der Waals surface area (Å²) in [5, 5.41) is 0. The average Bonchev–Trinajstić information content (AvgIpc) is 2.77. The Morgan fingerprint density at radius 3 is 2.62 bits per heavy atom. The van der Waals surface area contributed by atoms with Crippen molar-refractivity contribution in [2.24, 2.45) is 0 Å². The van der Waals surface area contributed by atoms with E-state index >= 15 is 0 Å². The molecule has 5 nitrogen and oxygen atoms in total. The molecule has 1 amide bonds. The van der Waals surface area contributed by atoms with E-state index in [1.807, 2.05) is 60.9 Å². The van der Waals surface area contributed by atoms with Gasteiger partial charge in [-0.2, -0.15) is 0 Å². The van der Waals surface area contributed by atoms with Gasteiger partial charge in [0.15, 0.2) is 0 Å². The molecule has 2 aromatic carbocycles. The second-order valence-corrected chi connectivity index (χ2v) is 7.00. The first-order chi connectivity index (χ1) is 14.2. The van der Waals surface area contributed by atoms with Gasteiger partial charge in [0.05, 0.1) is 18.4 Å². The summed E-state index contributed by atoms with van der Waals surface area (Å²) in [4.78, 5) is 21.8. The van der Waals surface area contributed by atoms with Crippen LogP contribution in [0.5, 0.6) is 5.75 Å². The maximum atomic E-state index is 11.7. The first-order valence-corrected chi connectivity index (χ1v) is 10.2. The summed E-state index contributed by atoms with van der Waals surface area (Å²) in [5.41, 5.74) is 5.52. The number of hydroxylamine groups is 1. The molecule has 0 aliphatic carbocycles. The minimum atomic E-state index is -0.334. The van der Waals surface area contributed by atoms with Crippen molar-refractivity contribution in [2.75, 3.05) is 13.4 Å². The zero-order chi connectivity index (χ0) is 20.5. The second kappa shape index (κ2) is 10.5. The number of pyridine rings is 1. The number of carbonyl (C=O) groups excluding carboxylic acids is 1. The van der Waals surface area contributed by atoms with Gasteiger partial charge < -0.3 is 4.74 Å². The Morgan fingerprint density at radius 2 is 1.93 bits per heavy atom. The van der Waals surface area contributed by atoms with Gasteiger partial charge in [-0.3, -0.25) is 14.6 Å². The molecule has 6 heteroatoms. The zero-order valence-electron chi connectivity index (χ0n) is 16.3. The number of nitrogens with one attached hydrogen (secondary N) is 1. The van der Waals surface area contributed by atoms with Gasteiger partial charge in [0.25, 0.3) is 5.91 Å². The molecular weight excluding hydrogens is 384 g/mol. The Hall–Kier alpha value is -3.09. The molecule has 29 heavy (non-hydrogen) atoms. The highest BCUT2D eigenvalue weighted by Crippen LogP contribution is 2.27. The van der Waals surface area contributed by atoms with Gasteiger partial charge in [-0.05, 0) is 54.3 Å². The number of ether oxygens (including phenoxy) is 1. The molecule has 0 spiro atoms. The summed E-state index contributed by atoms with van der Waals surface area (Å²) < 4.78 is 6.04. The summed E-state index contributed by atoms with van der Waals surface area (Å²) in [7, 11) is 1.39. The summed E-state index contributed by atoms with van der Waals surface area (Å²) in [6.07, 6.45) is 7.42. The molecule has 1 aromatic heterocycles. The number of thioether (sulfide) groups is 1. The van der Waals surface area contributed by atoms with Gasteiger partial charge >= 0.3 is 0 Å². The van der Waals surface area contributed by atoms with Crippen molar-refractivity contribution in [3.63, 3.8) is 0 Å². The van der Waals surface area contributed by atoms with Gasteiger partial charge in [0, 0.05) is 16.7 Å². The molecular formula is C23H22N2O3S. The van der Waals surface area contributed by atoms with Gasteiger partial charge in [-0.25, -0.2) is 5.48 Å². The van der Waals surface area contributed by atoms with Gasteiger partial charge in [0.2, 0.25) is 0 Å². The lowest BCUT2D eigenvalue weighted by molar-refractivity contribution is 0.0537. The van der Waals surface area contributed by atoms with Gasteiger partial charge in [-0.1, -0.05) is 30.3 Å². The van der Waals surface area contributed by atoms with Crippen LogP contribution in [-0.2, 0) is 11.4 Å². The lowest BCUT2D eigenvalue weighted by Crippen LogP contribution is -2.21. The van der Waals surface area contributed by atoms with E-state index < -0.39 is 0 Å². The molecule has 3 rings (SSSR count). The number of nitrogens with zero attached hydrogens (tertiary/aromatic N) is 1. The van der Waals surface area contributed by atoms with Crippen LogP contribution in [0.2, 0.25) is 0 Å². The monoisotopic (exact) mass is 406 g/mol. The van der Waals surface area contributed by atoms with Crippen LogP contribution in [0.3, 0.4) is 0 Å². The van der Waals surface area contributed by atoms with Crippen LogP contribution in [0.15, 0.2) is 71.8 Å². The van der Waals surface area contributed by atoms with E-state index in [1.165, 1.54) is 13.3 Å². The smallest absolute Gasteiger partial charge is 0.276 e. The van der Waals surface area contributed by atoms with Crippen molar-refractivity contribution in [3.05, 3.63) is 89.2 Å². The van der Waals surface area contributed by atoms with Gasteiger partial charge in [-0.15, -0.1) is 11.8 Å². The first kappa shape index (κ1) is 20.6. The highest BCUT2D eigenvalue weighted by atomic mass is 32.2. The van der Waals surface area contributed by atoms with Crippen LogP contribution < -0.4 is 10.2 Å². The van der Waals surface area contributed by atoms with Crippen LogP contribution in [0, 0.1) is 0 Å². The third-order valence-corrected chi connectivity index (χ3v) is 4.86. The summed E-state index contributed by atoms with van der Waals surface area (Å²) in [6.45, 7) is 0.502. The Bertz CT molecular complexity index is 973. The Kier molecular flexibility index (Phi) is 7.44. The van der Waals surface area contributed by atoms with E-state index in [9.17, 15) is 4.79 Å². The number of aromatic nitrogens is 1. The maximum absolute atomic E-state index is 11.7. The molecule has 0 saturated carbocycles. The highest BCUT2D eigenvalue weighted by molar-refractivity contribution is 7.98. The predicted octanol–water partition coefficient (Wildman–Crippen LogP) is 4.84. The maximum Gasteiger partial charge on any atom is 0.276 e. The second-order valence-electron chi connectivity index (χ2n) is 6.12. The minimum absolute atomic E-state index is 0.334. The van der Waals surface area contributed by atoms with E-state index in [0.29, 0.717) is 12.2 Å². The molecule has 0 unspecified atom stereocenters. The summed E-state index contributed by atoms with van der Waals surface area (Å²) in [5.74, 6) is 0.471. The summed E-state index contributed by atoms with van der Waals surface area (Å²) in [6, 6.07) is 19.7. The van der Waals surface area contributed by atoms with Crippen LogP contribution in [0.1, 0.15) is 27.2 Å². The van der Waals surface area contributed by atoms with E-state index in [0.717, 1.165) is 27.5 Å². The van der Waals surface area contributed by atoms with Crippen LogP contribution in [-0.4, -0.2) is 24.3 Å². The fourth-order valence-corrected chi connectivity index (χ4v) is 3.06. The van der Waals surface area contributed by atoms with E-state index in [-0.39, 0.29) is 5.91 Å². The molecule has 0 radical (unpaired) electrons. The molecule has 1 heterocycles. The molecule has 3 aromatic rings. The first-order valence-electron chi connectivity index (χ1n) is 9.02. The van der Waals surface area contributed by atoms with Crippen molar-refractivity contribution >= 4 is 29.8 Å². The molecule has 0 aliphatic rings. The van der Waals surface area contributed by atoms with Crippen LogP contribution in [0.4, 0.5) is 0 Å². The highest BCUT2D eigenvalue weighted by Gasteiger charge is 2.06. The third-order valence-electron chi connectivity index (χ3n) is 4.13. The molecule has 0 saturated heterocycles. The molecule has 0 aliphatic heterocycles. The number of hydrogen-bond donors (Lipinski definition) is 1. The number of amides is 1. The lowest BCUT2D eigenvalue weighted by atomic mass is 10.1. The number of carbonyl (C=O) groups is 1. The quantitative estimate of drug-likeness (QED) is 0.428. The fraction of sp³-hybridized carbons (Fsp3) is 0.130. The normalized spacial score (nSPS) is 10.8. The number of rotatable bonds is 8. The number of benzene rings is 2. The van der Waals surface area contributed by atoms with Gasteiger partial charge in [0.1, 0.15) is 12.4 Å². The number of hydrogen-bond acceptors (Lipinski definition) is 5. The lowest BCUT2D eigenvalue weighted by Gasteiger charge is -2.11. The molecule has 1 N–H and O–H groups in total. The summed E-state index contributed by atoms with van der Waals surface area (Å²) >= 11 is 1.68. The largest absolute Gasteiger partial charge is 0.488 e. The van der Waals surface area contributed by atoms with E-state index in [2.05, 4.69) is 21.4 Å². The topological polar surface area (TPSA) is 60.5 Å². The SMILES string of the molecule is CONC(=O)c1ccc(C=Cc2cc(SC)ccc2OCc2ccccc2)nc1. The Labute approximate surface area is 174 Å². The fourth-order valence-electron chi connectivity index (χ4n) is 2.62. The zero-order valence-corrected chi connectivity index (χ0v) is 17.1. The van der Waals surface area contributed by atoms with Crippen molar-refractivity contribution in [2.45, 2.75) is 11.5 Å². The van der Waals surface area contributed by atoms with Crippen molar-refractivity contribution in [1.29, 1.82) is 0 Å². The van der Waals surface area contributed by atoms with E-state index in [4.69, 9.17) is 4.74 Å². The molecule has 0 fully saturated rings. The van der Waals surface area contributed by atoms with Crippen molar-refractivity contribution in [3.8, 4) is 5.75 Å². The molecule has 148 valence electrons. The average molecular weight is 407 g/mol. The van der Waals surface area contributed by atoms with Crippen LogP contribution in [0.25, 0.3) is 12.2 Å². The van der Waals surface area contributed by atoms with Crippen molar-refractivity contribution < 1.29 is 14.4 Å². The Balaban J connectivity index is 1.76.